The van der Waals surface area contributed by atoms with Crippen molar-refractivity contribution < 1.29 is 18.0 Å². The molecule has 1 N–H and O–H groups in total. The van der Waals surface area contributed by atoms with Crippen molar-refractivity contribution in [2.45, 2.75) is 32.5 Å². The summed E-state index contributed by atoms with van der Waals surface area (Å²) in [5.41, 5.74) is -1.86. The number of rotatable bonds is 3. The zero-order valence-corrected chi connectivity index (χ0v) is 13.3. The van der Waals surface area contributed by atoms with Crippen molar-refractivity contribution in [2.24, 2.45) is 0 Å². The summed E-state index contributed by atoms with van der Waals surface area (Å²) in [5, 5.41) is 6.52. The second kappa shape index (κ2) is 6.00. The van der Waals surface area contributed by atoms with Crippen LogP contribution in [-0.2, 0) is 16.5 Å². The Morgan fingerprint density at radius 2 is 2.00 bits per heavy atom. The first-order valence-electron chi connectivity index (χ1n) is 6.97. The number of hydrogen-bond acceptors (Lipinski definition) is 2. The van der Waals surface area contributed by atoms with Crippen LogP contribution in [0.5, 0.6) is 0 Å². The third kappa shape index (κ3) is 3.40. The lowest BCUT2D eigenvalue weighted by molar-refractivity contribution is -0.136. The van der Waals surface area contributed by atoms with E-state index in [1.807, 2.05) is 6.92 Å². The predicted octanol–water partition coefficient (Wildman–Crippen LogP) is 4.13. The van der Waals surface area contributed by atoms with Gasteiger partial charge in [0.15, 0.2) is 5.69 Å². The molecule has 126 valence electrons. The number of amides is 1. The average molecular weight is 336 g/mol. The van der Waals surface area contributed by atoms with Gasteiger partial charge in [-0.15, -0.1) is 0 Å². The molecule has 2 rings (SSSR count). The summed E-state index contributed by atoms with van der Waals surface area (Å²) < 4.78 is 40.4. The van der Waals surface area contributed by atoms with Gasteiger partial charge in [-0.25, -0.2) is 4.85 Å². The van der Waals surface area contributed by atoms with Gasteiger partial charge in [0.05, 0.1) is 18.3 Å². The zero-order valence-electron chi connectivity index (χ0n) is 13.3. The van der Waals surface area contributed by atoms with Crippen LogP contribution >= 0.6 is 0 Å². The Kier molecular flexibility index (Phi) is 4.38. The quantitative estimate of drug-likeness (QED) is 0.857. The molecule has 0 saturated carbocycles. The topological polar surface area (TPSA) is 51.3 Å². The van der Waals surface area contributed by atoms with Gasteiger partial charge in [-0.05, 0) is 38.5 Å². The SMILES string of the molecule is [C-]#[N+]c1ccc(NC(=O)C(C)(C)n2cc(C)cn2)cc1C(F)(F)F. The van der Waals surface area contributed by atoms with E-state index in [2.05, 4.69) is 15.3 Å². The highest BCUT2D eigenvalue weighted by atomic mass is 19.4. The van der Waals surface area contributed by atoms with Crippen molar-refractivity contribution in [1.82, 2.24) is 9.78 Å². The molecule has 5 nitrogen and oxygen atoms in total. The minimum absolute atomic E-state index is 0.0309. The number of alkyl halides is 3. The summed E-state index contributed by atoms with van der Waals surface area (Å²) in [5.74, 6) is -0.519. The summed E-state index contributed by atoms with van der Waals surface area (Å²) in [6.07, 6.45) is -1.42. The van der Waals surface area contributed by atoms with E-state index >= 15 is 0 Å². The number of hydrogen-bond donors (Lipinski definition) is 1. The predicted molar refractivity (Wildman–Crippen MR) is 82.6 cm³/mol. The molecule has 0 atom stereocenters. The van der Waals surface area contributed by atoms with Crippen LogP contribution in [0.2, 0.25) is 0 Å². The Balaban J connectivity index is 2.31. The normalized spacial score (nSPS) is 11.9. The standard InChI is InChI=1S/C16H15F3N4O/c1-10-8-21-23(9-10)15(2,3)14(24)22-11-5-6-13(20-4)12(7-11)16(17,18)19/h5-9H,1-3H3,(H,22,24). The van der Waals surface area contributed by atoms with Gasteiger partial charge in [0, 0.05) is 11.9 Å². The third-order valence-electron chi connectivity index (χ3n) is 3.52. The molecule has 24 heavy (non-hydrogen) atoms. The molecule has 0 fully saturated rings. The third-order valence-corrected chi connectivity index (χ3v) is 3.52. The van der Waals surface area contributed by atoms with Crippen LogP contribution in [0.1, 0.15) is 25.0 Å². The number of nitrogens with one attached hydrogen (secondary N) is 1. The lowest BCUT2D eigenvalue weighted by Crippen LogP contribution is -2.40. The summed E-state index contributed by atoms with van der Waals surface area (Å²) in [4.78, 5) is 15.3. The number of aromatic nitrogens is 2. The number of halogens is 3. The highest BCUT2D eigenvalue weighted by Crippen LogP contribution is 2.38. The van der Waals surface area contributed by atoms with E-state index in [1.54, 1.807) is 26.2 Å². The Bertz CT molecular complexity index is 815. The van der Waals surface area contributed by atoms with E-state index in [9.17, 15) is 18.0 Å². The van der Waals surface area contributed by atoms with Crippen molar-refractivity contribution in [3.63, 3.8) is 0 Å². The van der Waals surface area contributed by atoms with Gasteiger partial charge >= 0.3 is 6.18 Å². The molecule has 0 saturated heterocycles. The fourth-order valence-corrected chi connectivity index (χ4v) is 2.04. The fourth-order valence-electron chi connectivity index (χ4n) is 2.04. The number of aryl methyl sites for hydroxylation is 1. The van der Waals surface area contributed by atoms with E-state index < -0.39 is 28.9 Å². The van der Waals surface area contributed by atoms with Crippen LogP contribution in [-0.4, -0.2) is 15.7 Å². The first-order valence-corrected chi connectivity index (χ1v) is 6.97. The number of carbonyl (C=O) groups is 1. The molecule has 2 aromatic rings. The van der Waals surface area contributed by atoms with Crippen molar-refractivity contribution in [2.75, 3.05) is 5.32 Å². The van der Waals surface area contributed by atoms with Gasteiger partial charge < -0.3 is 5.32 Å². The van der Waals surface area contributed by atoms with Crippen molar-refractivity contribution in [3.05, 3.63) is 53.1 Å². The maximum Gasteiger partial charge on any atom is 0.407 e. The zero-order chi connectivity index (χ0) is 18.1. The monoisotopic (exact) mass is 336 g/mol. The first-order chi connectivity index (χ1) is 11.1. The minimum Gasteiger partial charge on any atom is -0.324 e. The molecule has 1 aromatic heterocycles. The van der Waals surface area contributed by atoms with Crippen LogP contribution in [0.15, 0.2) is 30.6 Å². The van der Waals surface area contributed by atoms with Crippen molar-refractivity contribution in [3.8, 4) is 0 Å². The highest BCUT2D eigenvalue weighted by Gasteiger charge is 2.35. The molecule has 0 bridgehead atoms. The fraction of sp³-hybridized carbons (Fsp3) is 0.312. The lowest BCUT2D eigenvalue weighted by Gasteiger charge is -2.24. The molecule has 1 aromatic carbocycles. The summed E-state index contributed by atoms with van der Waals surface area (Å²) in [6, 6.07) is 3.07. The minimum atomic E-state index is -4.67. The molecule has 0 radical (unpaired) electrons. The Labute approximate surface area is 136 Å². The van der Waals surface area contributed by atoms with Crippen LogP contribution in [0, 0.1) is 13.5 Å². The second-order valence-corrected chi connectivity index (χ2v) is 5.82. The van der Waals surface area contributed by atoms with E-state index in [0.29, 0.717) is 0 Å². The van der Waals surface area contributed by atoms with Gasteiger partial charge in [0.25, 0.3) is 5.91 Å². The number of carbonyl (C=O) groups excluding carboxylic acids is 1. The molecular formula is C16H15F3N4O. The van der Waals surface area contributed by atoms with E-state index in [1.165, 1.54) is 10.7 Å². The first kappa shape index (κ1) is 17.5. The molecule has 1 amide bonds. The Morgan fingerprint density at radius 3 is 2.50 bits per heavy atom. The van der Waals surface area contributed by atoms with E-state index in [-0.39, 0.29) is 5.69 Å². The molecular weight excluding hydrogens is 321 g/mol. The van der Waals surface area contributed by atoms with Crippen molar-refractivity contribution >= 4 is 17.3 Å². The van der Waals surface area contributed by atoms with Gasteiger partial charge in [-0.1, -0.05) is 6.07 Å². The van der Waals surface area contributed by atoms with Gasteiger partial charge in [-0.3, -0.25) is 9.48 Å². The summed E-state index contributed by atoms with van der Waals surface area (Å²) in [6.45, 7) is 11.8. The molecule has 0 aliphatic rings. The van der Waals surface area contributed by atoms with Crippen LogP contribution in [0.25, 0.3) is 4.85 Å². The van der Waals surface area contributed by atoms with Crippen LogP contribution < -0.4 is 5.32 Å². The summed E-state index contributed by atoms with van der Waals surface area (Å²) >= 11 is 0. The van der Waals surface area contributed by atoms with Gasteiger partial charge in [0.1, 0.15) is 5.54 Å². The maximum atomic E-state index is 13.0. The van der Waals surface area contributed by atoms with Crippen molar-refractivity contribution in [1.29, 1.82) is 0 Å². The van der Waals surface area contributed by atoms with Crippen LogP contribution in [0.3, 0.4) is 0 Å². The largest absolute Gasteiger partial charge is 0.407 e. The number of anilines is 1. The molecule has 0 aliphatic carbocycles. The van der Waals surface area contributed by atoms with Gasteiger partial charge in [-0.2, -0.15) is 18.3 Å². The molecule has 0 unspecified atom stereocenters. The Morgan fingerprint density at radius 1 is 1.33 bits per heavy atom. The number of benzene rings is 1. The Hall–Kier alpha value is -2.82. The molecule has 1 heterocycles. The van der Waals surface area contributed by atoms with Gasteiger partial charge in [0.2, 0.25) is 0 Å². The van der Waals surface area contributed by atoms with E-state index in [0.717, 1.165) is 17.7 Å². The van der Waals surface area contributed by atoms with Crippen LogP contribution in [0.4, 0.5) is 24.5 Å². The summed E-state index contributed by atoms with van der Waals surface area (Å²) in [7, 11) is 0. The number of nitrogens with zero attached hydrogens (tertiary/aromatic N) is 3. The molecule has 0 aliphatic heterocycles. The lowest BCUT2D eigenvalue weighted by atomic mass is 10.0. The maximum absolute atomic E-state index is 13.0. The average Bonchev–Trinajstić information content (AvgIpc) is 2.93. The smallest absolute Gasteiger partial charge is 0.324 e. The molecule has 0 spiro atoms. The van der Waals surface area contributed by atoms with E-state index in [4.69, 9.17) is 6.57 Å². The molecule has 8 heteroatoms. The highest BCUT2D eigenvalue weighted by molar-refractivity contribution is 5.96. The second-order valence-electron chi connectivity index (χ2n) is 5.82.